The van der Waals surface area contributed by atoms with Gasteiger partial charge in [0.05, 0.1) is 19.4 Å². The first-order valence-electron chi connectivity index (χ1n) is 8.74. The first-order valence-corrected chi connectivity index (χ1v) is 8.74. The Morgan fingerprint density at radius 1 is 1.04 bits per heavy atom. The van der Waals surface area contributed by atoms with E-state index in [9.17, 15) is 9.59 Å². The summed E-state index contributed by atoms with van der Waals surface area (Å²) >= 11 is 0. The van der Waals surface area contributed by atoms with Gasteiger partial charge in [0.15, 0.2) is 5.78 Å². The van der Waals surface area contributed by atoms with Crippen molar-refractivity contribution in [2.75, 3.05) is 19.0 Å². The number of Topliss-reactive ketones (excluding diaryl/α,β-unsaturated/α-hetero) is 1. The molecule has 0 saturated carbocycles. The van der Waals surface area contributed by atoms with Crippen molar-refractivity contribution in [1.29, 1.82) is 0 Å². The average molecular weight is 355 g/mol. The molecule has 2 aromatic carbocycles. The second-order valence-corrected chi connectivity index (χ2v) is 6.05. The fourth-order valence-electron chi connectivity index (χ4n) is 2.46. The Labute approximate surface area is 154 Å². The third kappa shape index (κ3) is 5.62. The van der Waals surface area contributed by atoms with E-state index in [1.807, 2.05) is 26.0 Å². The van der Waals surface area contributed by atoms with Crippen LogP contribution in [0.2, 0.25) is 0 Å². The number of rotatable bonds is 9. The summed E-state index contributed by atoms with van der Waals surface area (Å²) in [6.45, 7) is 4.62. The SMILES string of the molecule is CCCOc1ccc(C(=O)CCC(=O)Nc2cc(C)ccc2OC)cc1. The van der Waals surface area contributed by atoms with E-state index >= 15 is 0 Å². The topological polar surface area (TPSA) is 64.6 Å². The summed E-state index contributed by atoms with van der Waals surface area (Å²) in [6.07, 6.45) is 1.20. The van der Waals surface area contributed by atoms with Crippen molar-refractivity contribution in [1.82, 2.24) is 0 Å². The highest BCUT2D eigenvalue weighted by Crippen LogP contribution is 2.25. The Bertz CT molecular complexity index is 753. The van der Waals surface area contributed by atoms with Crippen LogP contribution in [-0.2, 0) is 4.79 Å². The van der Waals surface area contributed by atoms with Crippen molar-refractivity contribution in [2.45, 2.75) is 33.1 Å². The van der Waals surface area contributed by atoms with Gasteiger partial charge in [-0.2, -0.15) is 0 Å². The van der Waals surface area contributed by atoms with Crippen molar-refractivity contribution >= 4 is 17.4 Å². The molecule has 1 N–H and O–H groups in total. The van der Waals surface area contributed by atoms with Crippen molar-refractivity contribution in [3.8, 4) is 11.5 Å². The zero-order chi connectivity index (χ0) is 18.9. The first kappa shape index (κ1) is 19.5. The summed E-state index contributed by atoms with van der Waals surface area (Å²) in [4.78, 5) is 24.4. The molecule has 0 spiro atoms. The van der Waals surface area contributed by atoms with Crippen molar-refractivity contribution in [3.05, 3.63) is 53.6 Å². The van der Waals surface area contributed by atoms with Crippen LogP contribution >= 0.6 is 0 Å². The van der Waals surface area contributed by atoms with E-state index in [0.717, 1.165) is 17.7 Å². The zero-order valence-corrected chi connectivity index (χ0v) is 15.5. The van der Waals surface area contributed by atoms with Gasteiger partial charge in [-0.15, -0.1) is 0 Å². The predicted molar refractivity (Wildman–Crippen MR) is 102 cm³/mol. The fraction of sp³-hybridized carbons (Fsp3) is 0.333. The van der Waals surface area contributed by atoms with Crippen LogP contribution < -0.4 is 14.8 Å². The number of aryl methyl sites for hydroxylation is 1. The average Bonchev–Trinajstić information content (AvgIpc) is 2.65. The number of ether oxygens (including phenoxy) is 2. The standard InChI is InChI=1S/C21H25NO4/c1-4-13-26-17-8-6-16(7-9-17)19(23)10-12-21(24)22-18-14-15(2)5-11-20(18)25-3/h5-9,11,14H,4,10,12-13H2,1-3H3,(H,22,24). The second-order valence-electron chi connectivity index (χ2n) is 6.05. The summed E-state index contributed by atoms with van der Waals surface area (Å²) in [7, 11) is 1.55. The molecule has 0 heterocycles. The van der Waals surface area contributed by atoms with Crippen LogP contribution in [0.5, 0.6) is 11.5 Å². The second kappa shape index (κ2) is 9.61. The Morgan fingerprint density at radius 2 is 1.77 bits per heavy atom. The van der Waals surface area contributed by atoms with Crippen molar-refractivity contribution in [2.24, 2.45) is 0 Å². The van der Waals surface area contributed by atoms with Crippen LogP contribution in [0.15, 0.2) is 42.5 Å². The molecule has 0 radical (unpaired) electrons. The van der Waals surface area contributed by atoms with E-state index in [1.54, 1.807) is 37.4 Å². The number of benzene rings is 2. The van der Waals surface area contributed by atoms with Gasteiger partial charge in [-0.1, -0.05) is 13.0 Å². The van der Waals surface area contributed by atoms with Gasteiger partial charge in [-0.25, -0.2) is 0 Å². The lowest BCUT2D eigenvalue weighted by Gasteiger charge is -2.11. The van der Waals surface area contributed by atoms with Crippen LogP contribution in [0.25, 0.3) is 0 Å². The van der Waals surface area contributed by atoms with Gasteiger partial charge in [0.2, 0.25) is 5.91 Å². The number of amides is 1. The molecule has 0 atom stereocenters. The first-order chi connectivity index (χ1) is 12.5. The Balaban J connectivity index is 1.88. The lowest BCUT2D eigenvalue weighted by Crippen LogP contribution is -2.14. The lowest BCUT2D eigenvalue weighted by atomic mass is 10.1. The molecule has 138 valence electrons. The Hall–Kier alpha value is -2.82. The molecule has 0 bridgehead atoms. The normalized spacial score (nSPS) is 10.3. The van der Waals surface area contributed by atoms with Gasteiger partial charge in [0.1, 0.15) is 11.5 Å². The zero-order valence-electron chi connectivity index (χ0n) is 15.5. The number of carbonyl (C=O) groups excluding carboxylic acids is 2. The minimum atomic E-state index is -0.217. The van der Waals surface area contributed by atoms with Crippen LogP contribution in [-0.4, -0.2) is 25.4 Å². The van der Waals surface area contributed by atoms with Gasteiger partial charge in [-0.3, -0.25) is 9.59 Å². The Kier molecular flexibility index (Phi) is 7.21. The number of carbonyl (C=O) groups is 2. The third-order valence-corrected chi connectivity index (χ3v) is 3.86. The van der Waals surface area contributed by atoms with E-state index in [1.165, 1.54) is 0 Å². The number of hydrogen-bond acceptors (Lipinski definition) is 4. The van der Waals surface area contributed by atoms with Crippen LogP contribution in [0.1, 0.15) is 42.1 Å². The molecular weight excluding hydrogens is 330 g/mol. The number of methoxy groups -OCH3 is 1. The van der Waals surface area contributed by atoms with E-state index in [-0.39, 0.29) is 24.5 Å². The Morgan fingerprint density at radius 3 is 2.42 bits per heavy atom. The summed E-state index contributed by atoms with van der Waals surface area (Å²) in [5, 5.41) is 2.81. The third-order valence-electron chi connectivity index (χ3n) is 3.86. The molecule has 26 heavy (non-hydrogen) atoms. The molecule has 0 aliphatic rings. The largest absolute Gasteiger partial charge is 0.495 e. The number of nitrogens with one attached hydrogen (secondary N) is 1. The summed E-state index contributed by atoms with van der Waals surface area (Å²) < 4.78 is 10.7. The smallest absolute Gasteiger partial charge is 0.224 e. The molecule has 0 aliphatic heterocycles. The molecule has 2 aromatic rings. The van der Waals surface area contributed by atoms with Gasteiger partial charge >= 0.3 is 0 Å². The molecule has 2 rings (SSSR count). The summed E-state index contributed by atoms with van der Waals surface area (Å²) in [5.74, 6) is 1.05. The van der Waals surface area contributed by atoms with Crippen LogP contribution in [0, 0.1) is 6.92 Å². The molecule has 0 aliphatic carbocycles. The summed E-state index contributed by atoms with van der Waals surface area (Å²) in [5.41, 5.74) is 2.21. The maximum Gasteiger partial charge on any atom is 0.224 e. The van der Waals surface area contributed by atoms with Gasteiger partial charge < -0.3 is 14.8 Å². The van der Waals surface area contributed by atoms with E-state index in [4.69, 9.17) is 9.47 Å². The maximum atomic E-state index is 12.3. The van der Waals surface area contributed by atoms with Crippen LogP contribution in [0.3, 0.4) is 0 Å². The summed E-state index contributed by atoms with van der Waals surface area (Å²) in [6, 6.07) is 12.6. The fourth-order valence-corrected chi connectivity index (χ4v) is 2.46. The minimum absolute atomic E-state index is 0.0709. The van der Waals surface area contributed by atoms with E-state index in [2.05, 4.69) is 5.32 Å². The molecule has 5 heteroatoms. The molecule has 0 saturated heterocycles. The highest BCUT2D eigenvalue weighted by Gasteiger charge is 2.12. The van der Waals surface area contributed by atoms with Gasteiger partial charge in [-0.05, 0) is 55.3 Å². The number of hydrogen-bond donors (Lipinski definition) is 1. The predicted octanol–water partition coefficient (Wildman–Crippen LogP) is 4.39. The minimum Gasteiger partial charge on any atom is -0.495 e. The number of anilines is 1. The van der Waals surface area contributed by atoms with Gasteiger partial charge in [0.25, 0.3) is 0 Å². The monoisotopic (exact) mass is 355 g/mol. The molecular formula is C21H25NO4. The highest BCUT2D eigenvalue weighted by molar-refractivity contribution is 6.00. The van der Waals surface area contributed by atoms with E-state index < -0.39 is 0 Å². The quantitative estimate of drug-likeness (QED) is 0.677. The van der Waals surface area contributed by atoms with Crippen LogP contribution in [0.4, 0.5) is 5.69 Å². The van der Waals surface area contributed by atoms with Crippen molar-refractivity contribution < 1.29 is 19.1 Å². The maximum absolute atomic E-state index is 12.3. The van der Waals surface area contributed by atoms with E-state index in [0.29, 0.717) is 23.6 Å². The van der Waals surface area contributed by atoms with Crippen molar-refractivity contribution in [3.63, 3.8) is 0 Å². The molecule has 0 unspecified atom stereocenters. The lowest BCUT2D eigenvalue weighted by molar-refractivity contribution is -0.116. The number of ketones is 1. The molecule has 1 amide bonds. The van der Waals surface area contributed by atoms with Gasteiger partial charge in [0, 0.05) is 18.4 Å². The molecule has 5 nitrogen and oxygen atoms in total. The molecule has 0 fully saturated rings. The highest BCUT2D eigenvalue weighted by atomic mass is 16.5. The molecule has 0 aromatic heterocycles.